The maximum absolute atomic E-state index is 3.66. The van der Waals surface area contributed by atoms with E-state index in [-0.39, 0.29) is 0 Å². The Kier molecular flexibility index (Phi) is 5.21. The minimum atomic E-state index is 0.417. The fraction of sp³-hybridized carbons (Fsp3) is 0.692. The molecule has 1 fully saturated rings. The normalized spacial score (nSPS) is 24.3. The molecule has 0 amide bonds. The molecule has 0 bridgehead atoms. The standard InChI is InChI=1S/C13H22BrN3S/c1-10(13-12(14)4-7-18-13)15-8-11-9-16(2)5-6-17(11)3/h4,7,10-11,15H,5-6,8-9H2,1-3H3. The van der Waals surface area contributed by atoms with Crippen molar-refractivity contribution in [1.82, 2.24) is 15.1 Å². The molecule has 0 aliphatic carbocycles. The van der Waals surface area contributed by atoms with Crippen LogP contribution in [0.25, 0.3) is 0 Å². The van der Waals surface area contributed by atoms with Crippen molar-refractivity contribution in [2.24, 2.45) is 0 Å². The van der Waals surface area contributed by atoms with E-state index >= 15 is 0 Å². The van der Waals surface area contributed by atoms with Crippen LogP contribution in [0.3, 0.4) is 0 Å². The number of likely N-dealkylation sites (N-methyl/N-ethyl adjacent to an activating group) is 2. The van der Waals surface area contributed by atoms with E-state index in [1.165, 1.54) is 22.4 Å². The molecule has 102 valence electrons. The Morgan fingerprint density at radius 3 is 2.94 bits per heavy atom. The van der Waals surface area contributed by atoms with Gasteiger partial charge in [0.15, 0.2) is 0 Å². The Bertz CT molecular complexity index is 382. The molecule has 18 heavy (non-hydrogen) atoms. The number of hydrogen-bond donors (Lipinski definition) is 1. The van der Waals surface area contributed by atoms with E-state index in [2.05, 4.69) is 63.5 Å². The molecule has 2 rings (SSSR count). The first-order valence-corrected chi connectivity index (χ1v) is 8.10. The van der Waals surface area contributed by atoms with E-state index in [9.17, 15) is 0 Å². The molecule has 1 N–H and O–H groups in total. The van der Waals surface area contributed by atoms with Gasteiger partial charge in [0.05, 0.1) is 0 Å². The third-order valence-electron chi connectivity index (χ3n) is 3.68. The molecule has 1 aliphatic heterocycles. The Balaban J connectivity index is 1.85. The van der Waals surface area contributed by atoms with Crippen LogP contribution in [-0.4, -0.2) is 56.1 Å². The summed E-state index contributed by atoms with van der Waals surface area (Å²) in [5.41, 5.74) is 0. The Hall–Kier alpha value is 0.0600. The van der Waals surface area contributed by atoms with Gasteiger partial charge in [0.25, 0.3) is 0 Å². The summed E-state index contributed by atoms with van der Waals surface area (Å²) in [4.78, 5) is 6.27. The summed E-state index contributed by atoms with van der Waals surface area (Å²) < 4.78 is 1.22. The van der Waals surface area contributed by atoms with Gasteiger partial charge in [0.2, 0.25) is 0 Å². The summed E-state index contributed by atoms with van der Waals surface area (Å²) in [7, 11) is 4.43. The van der Waals surface area contributed by atoms with E-state index in [4.69, 9.17) is 0 Å². The highest BCUT2D eigenvalue weighted by atomic mass is 79.9. The summed E-state index contributed by atoms with van der Waals surface area (Å²) in [5, 5.41) is 5.80. The minimum absolute atomic E-state index is 0.417. The lowest BCUT2D eigenvalue weighted by molar-refractivity contribution is 0.112. The van der Waals surface area contributed by atoms with E-state index in [1.807, 2.05) is 11.3 Å². The summed E-state index contributed by atoms with van der Waals surface area (Å²) in [6.07, 6.45) is 0. The average Bonchev–Trinajstić information content (AvgIpc) is 2.76. The third kappa shape index (κ3) is 3.54. The maximum atomic E-state index is 3.66. The first kappa shape index (κ1) is 14.5. The average molecular weight is 332 g/mol. The van der Waals surface area contributed by atoms with Crippen LogP contribution in [0, 0.1) is 0 Å². The number of piperazine rings is 1. The second-order valence-electron chi connectivity index (χ2n) is 5.16. The Labute approximate surface area is 122 Å². The molecule has 1 aromatic heterocycles. The van der Waals surface area contributed by atoms with Gasteiger partial charge in [-0.15, -0.1) is 11.3 Å². The molecule has 0 saturated carbocycles. The van der Waals surface area contributed by atoms with Gasteiger partial charge in [-0.1, -0.05) is 0 Å². The summed E-state index contributed by atoms with van der Waals surface area (Å²) in [5.74, 6) is 0. The molecule has 0 spiro atoms. The van der Waals surface area contributed by atoms with Crippen LogP contribution >= 0.6 is 27.3 Å². The number of rotatable bonds is 4. The van der Waals surface area contributed by atoms with Crippen molar-refractivity contribution >= 4 is 27.3 Å². The van der Waals surface area contributed by atoms with Crippen molar-refractivity contribution in [1.29, 1.82) is 0 Å². The molecule has 1 aromatic rings. The van der Waals surface area contributed by atoms with Gasteiger partial charge in [-0.2, -0.15) is 0 Å². The van der Waals surface area contributed by atoms with Gasteiger partial charge in [0, 0.05) is 47.6 Å². The highest BCUT2D eigenvalue weighted by Gasteiger charge is 2.22. The van der Waals surface area contributed by atoms with Crippen LogP contribution in [0.2, 0.25) is 0 Å². The Morgan fingerprint density at radius 1 is 1.50 bits per heavy atom. The van der Waals surface area contributed by atoms with Gasteiger partial charge >= 0.3 is 0 Å². The predicted molar refractivity (Wildman–Crippen MR) is 82.4 cm³/mol. The van der Waals surface area contributed by atoms with Crippen LogP contribution in [0.15, 0.2) is 15.9 Å². The number of halogens is 1. The SMILES string of the molecule is CC(NCC1CN(C)CCN1C)c1sccc1Br. The molecular weight excluding hydrogens is 310 g/mol. The number of nitrogens with one attached hydrogen (secondary N) is 1. The van der Waals surface area contributed by atoms with Crippen LogP contribution in [0.4, 0.5) is 0 Å². The van der Waals surface area contributed by atoms with Gasteiger partial charge in [0.1, 0.15) is 0 Å². The summed E-state index contributed by atoms with van der Waals surface area (Å²) >= 11 is 5.42. The third-order valence-corrected chi connectivity index (χ3v) is 5.73. The largest absolute Gasteiger partial charge is 0.308 e. The lowest BCUT2D eigenvalue weighted by Crippen LogP contribution is -2.53. The zero-order valence-electron chi connectivity index (χ0n) is 11.3. The van der Waals surface area contributed by atoms with Crippen LogP contribution < -0.4 is 5.32 Å². The lowest BCUT2D eigenvalue weighted by Gasteiger charge is -2.38. The molecule has 2 heterocycles. The summed E-state index contributed by atoms with van der Waals surface area (Å²) in [6, 6.07) is 3.16. The molecule has 5 heteroatoms. The predicted octanol–water partition coefficient (Wildman–Crippen LogP) is 2.41. The van der Waals surface area contributed by atoms with Crippen molar-refractivity contribution in [3.63, 3.8) is 0 Å². The first-order valence-electron chi connectivity index (χ1n) is 6.43. The lowest BCUT2D eigenvalue weighted by atomic mass is 10.1. The van der Waals surface area contributed by atoms with Crippen molar-refractivity contribution in [2.45, 2.75) is 19.0 Å². The van der Waals surface area contributed by atoms with Crippen LogP contribution in [0.5, 0.6) is 0 Å². The molecule has 0 aromatic carbocycles. The fourth-order valence-electron chi connectivity index (χ4n) is 2.34. The van der Waals surface area contributed by atoms with Crippen LogP contribution in [-0.2, 0) is 0 Å². The van der Waals surface area contributed by atoms with Gasteiger partial charge in [-0.05, 0) is 48.4 Å². The zero-order valence-corrected chi connectivity index (χ0v) is 13.7. The zero-order chi connectivity index (χ0) is 13.1. The van der Waals surface area contributed by atoms with Crippen LogP contribution in [0.1, 0.15) is 17.8 Å². The van der Waals surface area contributed by atoms with Crippen molar-refractivity contribution in [2.75, 3.05) is 40.3 Å². The Morgan fingerprint density at radius 2 is 2.28 bits per heavy atom. The monoisotopic (exact) mass is 331 g/mol. The van der Waals surface area contributed by atoms with Crippen molar-refractivity contribution < 1.29 is 0 Å². The molecule has 3 nitrogen and oxygen atoms in total. The number of nitrogens with zero attached hydrogens (tertiary/aromatic N) is 2. The number of thiophene rings is 1. The van der Waals surface area contributed by atoms with E-state index in [1.54, 1.807) is 0 Å². The van der Waals surface area contributed by atoms with E-state index in [0.29, 0.717) is 12.1 Å². The van der Waals surface area contributed by atoms with E-state index < -0.39 is 0 Å². The molecule has 1 aliphatic rings. The van der Waals surface area contributed by atoms with Crippen molar-refractivity contribution in [3.05, 3.63) is 20.8 Å². The highest BCUT2D eigenvalue weighted by Crippen LogP contribution is 2.28. The molecule has 0 radical (unpaired) electrons. The smallest absolute Gasteiger partial charge is 0.0398 e. The van der Waals surface area contributed by atoms with Gasteiger partial charge in [-0.25, -0.2) is 0 Å². The molecule has 2 atom stereocenters. The minimum Gasteiger partial charge on any atom is -0.308 e. The molecule has 2 unspecified atom stereocenters. The van der Waals surface area contributed by atoms with Gasteiger partial charge < -0.3 is 10.2 Å². The van der Waals surface area contributed by atoms with Gasteiger partial charge in [-0.3, -0.25) is 4.90 Å². The second kappa shape index (κ2) is 6.48. The number of hydrogen-bond acceptors (Lipinski definition) is 4. The summed E-state index contributed by atoms with van der Waals surface area (Å²) in [6.45, 7) is 6.79. The molecule has 1 saturated heterocycles. The highest BCUT2D eigenvalue weighted by molar-refractivity contribution is 9.10. The quantitative estimate of drug-likeness (QED) is 0.914. The fourth-order valence-corrected chi connectivity index (χ4v) is 4.09. The van der Waals surface area contributed by atoms with Crippen molar-refractivity contribution in [3.8, 4) is 0 Å². The maximum Gasteiger partial charge on any atom is 0.0398 e. The topological polar surface area (TPSA) is 18.5 Å². The first-order chi connectivity index (χ1) is 8.58. The van der Waals surface area contributed by atoms with E-state index in [0.717, 1.165) is 13.1 Å². The molecular formula is C13H22BrN3S. The second-order valence-corrected chi connectivity index (χ2v) is 6.96.